The first-order valence-corrected chi connectivity index (χ1v) is 6.03. The molecule has 16 heavy (non-hydrogen) atoms. The minimum absolute atomic E-state index is 0.329. The number of hydrogen-bond acceptors (Lipinski definition) is 3. The standard InChI is InChI=1S/C13H18N2O/c14-12-7-10-1-2-13(9-11(10)8-12)15-3-5-16-6-4-15/h1-2,9,12H,3-8,14H2/t12-/m1/s1. The van der Waals surface area contributed by atoms with Gasteiger partial charge in [-0.2, -0.15) is 0 Å². The lowest BCUT2D eigenvalue weighted by Crippen LogP contribution is -2.36. The Kier molecular flexibility index (Phi) is 2.58. The Morgan fingerprint density at radius 1 is 1.12 bits per heavy atom. The largest absolute Gasteiger partial charge is 0.378 e. The fraction of sp³-hybridized carbons (Fsp3) is 0.538. The zero-order valence-electron chi connectivity index (χ0n) is 9.48. The average molecular weight is 218 g/mol. The molecule has 0 amide bonds. The molecule has 1 aliphatic heterocycles. The summed E-state index contributed by atoms with van der Waals surface area (Å²) in [6.07, 6.45) is 2.08. The summed E-state index contributed by atoms with van der Waals surface area (Å²) in [5.41, 5.74) is 10.2. The fourth-order valence-electron chi connectivity index (χ4n) is 2.66. The van der Waals surface area contributed by atoms with Crippen molar-refractivity contribution < 1.29 is 4.74 Å². The third-order valence-electron chi connectivity index (χ3n) is 3.53. The van der Waals surface area contributed by atoms with Crippen molar-refractivity contribution in [2.24, 2.45) is 5.73 Å². The number of nitrogens with zero attached hydrogens (tertiary/aromatic N) is 1. The maximum absolute atomic E-state index is 5.98. The third kappa shape index (κ3) is 1.81. The number of nitrogens with two attached hydrogens (primary N) is 1. The molecular weight excluding hydrogens is 200 g/mol. The molecule has 1 aromatic carbocycles. The van der Waals surface area contributed by atoms with E-state index in [1.54, 1.807) is 0 Å². The van der Waals surface area contributed by atoms with E-state index in [1.807, 2.05) is 0 Å². The van der Waals surface area contributed by atoms with Gasteiger partial charge in [0.1, 0.15) is 0 Å². The quantitative estimate of drug-likeness (QED) is 0.762. The van der Waals surface area contributed by atoms with Crippen molar-refractivity contribution >= 4 is 5.69 Å². The van der Waals surface area contributed by atoms with Crippen LogP contribution in [0.5, 0.6) is 0 Å². The van der Waals surface area contributed by atoms with Crippen LogP contribution in [0, 0.1) is 0 Å². The fourth-order valence-corrected chi connectivity index (χ4v) is 2.66. The molecule has 2 N–H and O–H groups in total. The van der Waals surface area contributed by atoms with Crippen LogP contribution in [-0.2, 0) is 17.6 Å². The molecule has 1 fully saturated rings. The zero-order valence-corrected chi connectivity index (χ0v) is 9.48. The second-order valence-corrected chi connectivity index (χ2v) is 4.72. The van der Waals surface area contributed by atoms with Crippen LogP contribution in [-0.4, -0.2) is 32.3 Å². The maximum Gasteiger partial charge on any atom is 0.0642 e. The summed E-state index contributed by atoms with van der Waals surface area (Å²) in [4.78, 5) is 2.40. The Labute approximate surface area is 96.2 Å². The van der Waals surface area contributed by atoms with E-state index >= 15 is 0 Å². The second kappa shape index (κ2) is 4.07. The summed E-state index contributed by atoms with van der Waals surface area (Å²) < 4.78 is 5.37. The molecule has 0 radical (unpaired) electrons. The van der Waals surface area contributed by atoms with Gasteiger partial charge in [0, 0.05) is 24.8 Å². The van der Waals surface area contributed by atoms with E-state index in [2.05, 4.69) is 23.1 Å². The van der Waals surface area contributed by atoms with Crippen LogP contribution in [0.3, 0.4) is 0 Å². The number of hydrogen-bond donors (Lipinski definition) is 1. The summed E-state index contributed by atoms with van der Waals surface area (Å²) in [7, 11) is 0. The Morgan fingerprint density at radius 3 is 2.69 bits per heavy atom. The minimum atomic E-state index is 0.329. The van der Waals surface area contributed by atoms with Crippen LogP contribution in [0.1, 0.15) is 11.1 Å². The highest BCUT2D eigenvalue weighted by molar-refractivity contribution is 5.53. The number of morpholine rings is 1. The van der Waals surface area contributed by atoms with Gasteiger partial charge in [0.25, 0.3) is 0 Å². The molecule has 3 rings (SSSR count). The van der Waals surface area contributed by atoms with Gasteiger partial charge in [-0.05, 0) is 36.1 Å². The number of ether oxygens (including phenoxy) is 1. The van der Waals surface area contributed by atoms with E-state index in [-0.39, 0.29) is 0 Å². The lowest BCUT2D eigenvalue weighted by Gasteiger charge is -2.29. The molecule has 1 aliphatic carbocycles. The van der Waals surface area contributed by atoms with Gasteiger partial charge in [-0.25, -0.2) is 0 Å². The molecule has 3 heteroatoms. The lowest BCUT2D eigenvalue weighted by atomic mass is 10.1. The molecule has 1 saturated heterocycles. The molecular formula is C13H18N2O. The van der Waals surface area contributed by atoms with Gasteiger partial charge >= 0.3 is 0 Å². The highest BCUT2D eigenvalue weighted by atomic mass is 16.5. The Balaban J connectivity index is 1.84. The van der Waals surface area contributed by atoms with E-state index in [1.165, 1.54) is 16.8 Å². The van der Waals surface area contributed by atoms with Crippen molar-refractivity contribution in [1.29, 1.82) is 0 Å². The first kappa shape index (κ1) is 10.1. The number of anilines is 1. The van der Waals surface area contributed by atoms with Crippen molar-refractivity contribution in [1.82, 2.24) is 0 Å². The third-order valence-corrected chi connectivity index (χ3v) is 3.53. The molecule has 0 bridgehead atoms. The van der Waals surface area contributed by atoms with E-state index in [0.717, 1.165) is 39.1 Å². The van der Waals surface area contributed by atoms with E-state index in [9.17, 15) is 0 Å². The van der Waals surface area contributed by atoms with Crippen LogP contribution < -0.4 is 10.6 Å². The summed E-state index contributed by atoms with van der Waals surface area (Å²) in [6.45, 7) is 3.70. The van der Waals surface area contributed by atoms with Crippen LogP contribution in [0.15, 0.2) is 18.2 Å². The van der Waals surface area contributed by atoms with Gasteiger partial charge in [0.15, 0.2) is 0 Å². The van der Waals surface area contributed by atoms with Crippen molar-refractivity contribution in [2.75, 3.05) is 31.2 Å². The van der Waals surface area contributed by atoms with Crippen LogP contribution in [0.2, 0.25) is 0 Å². The first-order chi connectivity index (χ1) is 7.83. The van der Waals surface area contributed by atoms with Crippen LogP contribution in [0.4, 0.5) is 5.69 Å². The van der Waals surface area contributed by atoms with Gasteiger partial charge in [0.2, 0.25) is 0 Å². The number of fused-ring (bicyclic) bond motifs is 1. The van der Waals surface area contributed by atoms with Crippen LogP contribution in [0.25, 0.3) is 0 Å². The van der Waals surface area contributed by atoms with Crippen molar-refractivity contribution in [3.8, 4) is 0 Å². The predicted octanol–water partition coefficient (Wildman–Crippen LogP) is 0.949. The van der Waals surface area contributed by atoms with Crippen LogP contribution >= 0.6 is 0 Å². The monoisotopic (exact) mass is 218 g/mol. The number of rotatable bonds is 1. The van der Waals surface area contributed by atoms with Crippen molar-refractivity contribution in [2.45, 2.75) is 18.9 Å². The Bertz CT molecular complexity index is 386. The molecule has 0 unspecified atom stereocenters. The molecule has 3 nitrogen and oxygen atoms in total. The summed E-state index contributed by atoms with van der Waals surface area (Å²) in [5.74, 6) is 0. The van der Waals surface area contributed by atoms with E-state index in [0.29, 0.717) is 6.04 Å². The highest BCUT2D eigenvalue weighted by Gasteiger charge is 2.19. The molecule has 2 aliphatic rings. The molecule has 0 spiro atoms. The first-order valence-electron chi connectivity index (χ1n) is 6.03. The van der Waals surface area contributed by atoms with Gasteiger partial charge in [-0.15, -0.1) is 0 Å². The Hall–Kier alpha value is -1.06. The molecule has 0 saturated carbocycles. The molecule has 1 atom stereocenters. The SMILES string of the molecule is N[C@@H]1Cc2ccc(N3CCOCC3)cc2C1. The lowest BCUT2D eigenvalue weighted by molar-refractivity contribution is 0.122. The zero-order chi connectivity index (χ0) is 11.0. The molecule has 0 aromatic heterocycles. The summed E-state index contributed by atoms with van der Waals surface area (Å²) >= 11 is 0. The highest BCUT2D eigenvalue weighted by Crippen LogP contribution is 2.26. The predicted molar refractivity (Wildman–Crippen MR) is 64.9 cm³/mol. The van der Waals surface area contributed by atoms with Crippen molar-refractivity contribution in [3.63, 3.8) is 0 Å². The second-order valence-electron chi connectivity index (χ2n) is 4.72. The summed E-state index contributed by atoms with van der Waals surface area (Å²) in [5, 5.41) is 0. The average Bonchev–Trinajstić information content (AvgIpc) is 2.69. The van der Waals surface area contributed by atoms with Gasteiger partial charge < -0.3 is 15.4 Å². The smallest absolute Gasteiger partial charge is 0.0642 e. The van der Waals surface area contributed by atoms with E-state index in [4.69, 9.17) is 10.5 Å². The van der Waals surface area contributed by atoms with Crippen molar-refractivity contribution in [3.05, 3.63) is 29.3 Å². The molecule has 1 aromatic rings. The number of benzene rings is 1. The summed E-state index contributed by atoms with van der Waals surface area (Å²) in [6, 6.07) is 7.11. The van der Waals surface area contributed by atoms with Gasteiger partial charge in [0.05, 0.1) is 13.2 Å². The normalized spacial score (nSPS) is 24.6. The topological polar surface area (TPSA) is 38.5 Å². The maximum atomic E-state index is 5.98. The van der Waals surface area contributed by atoms with Gasteiger partial charge in [-0.1, -0.05) is 6.07 Å². The Morgan fingerprint density at radius 2 is 1.88 bits per heavy atom. The molecule has 86 valence electrons. The molecule has 1 heterocycles. The van der Waals surface area contributed by atoms with E-state index < -0.39 is 0 Å². The van der Waals surface area contributed by atoms with Gasteiger partial charge in [-0.3, -0.25) is 0 Å². The minimum Gasteiger partial charge on any atom is -0.378 e.